The minimum absolute atomic E-state index is 0.381. The summed E-state index contributed by atoms with van der Waals surface area (Å²) in [5.74, 6) is 1.43. The molecule has 2 rings (SSSR count). The van der Waals surface area contributed by atoms with Gasteiger partial charge in [0.15, 0.2) is 11.0 Å². The Labute approximate surface area is 115 Å². The van der Waals surface area contributed by atoms with Crippen LogP contribution in [0.25, 0.3) is 0 Å². The van der Waals surface area contributed by atoms with Crippen LogP contribution < -0.4 is 5.32 Å². The van der Waals surface area contributed by atoms with Crippen LogP contribution in [0.3, 0.4) is 0 Å². The first-order valence-corrected chi connectivity index (χ1v) is 6.67. The van der Waals surface area contributed by atoms with E-state index in [-0.39, 0.29) is 0 Å². The molecule has 2 heterocycles. The molecule has 0 aromatic carbocycles. The Morgan fingerprint density at radius 2 is 2.26 bits per heavy atom. The summed E-state index contributed by atoms with van der Waals surface area (Å²) in [7, 11) is 3.47. The number of anilines is 1. The Balaban J connectivity index is 2.25. The summed E-state index contributed by atoms with van der Waals surface area (Å²) in [5.41, 5.74) is 0. The Bertz CT molecular complexity index is 519. The van der Waals surface area contributed by atoms with E-state index in [1.807, 2.05) is 20.0 Å². The molecule has 0 aliphatic carbocycles. The minimum atomic E-state index is 0.381. The van der Waals surface area contributed by atoms with Crippen molar-refractivity contribution in [1.29, 1.82) is 0 Å². The molecule has 0 spiro atoms. The van der Waals surface area contributed by atoms with Crippen molar-refractivity contribution in [1.82, 2.24) is 24.7 Å². The van der Waals surface area contributed by atoms with Gasteiger partial charge >= 0.3 is 0 Å². The van der Waals surface area contributed by atoms with Crippen LogP contribution in [0.4, 0.5) is 5.82 Å². The molecule has 0 radical (unpaired) electrons. The molecule has 2 aromatic heterocycles. The molecular formula is C11H16N6OS. The monoisotopic (exact) mass is 280 g/mol. The second-order valence-electron chi connectivity index (χ2n) is 3.74. The van der Waals surface area contributed by atoms with Gasteiger partial charge in [-0.15, -0.1) is 0 Å². The topological polar surface area (TPSA) is 77.8 Å². The largest absolute Gasteiger partial charge is 0.377 e. The smallest absolute Gasteiger partial charge is 0.192 e. The lowest BCUT2D eigenvalue weighted by Crippen LogP contribution is -2.05. The van der Waals surface area contributed by atoms with Crippen molar-refractivity contribution >= 4 is 17.6 Å². The summed E-state index contributed by atoms with van der Waals surface area (Å²) in [6.45, 7) is 3.21. The Morgan fingerprint density at radius 3 is 2.89 bits per heavy atom. The molecule has 0 fully saturated rings. The fraction of sp³-hybridized carbons (Fsp3) is 0.455. The fourth-order valence-corrected chi connectivity index (χ4v) is 2.25. The van der Waals surface area contributed by atoms with Crippen molar-refractivity contribution < 1.29 is 4.74 Å². The van der Waals surface area contributed by atoms with Gasteiger partial charge in [-0.2, -0.15) is 5.10 Å². The highest BCUT2D eigenvalue weighted by atomic mass is 32.2. The molecule has 102 valence electrons. The van der Waals surface area contributed by atoms with Gasteiger partial charge in [0.1, 0.15) is 23.8 Å². The molecule has 0 aliphatic heterocycles. The summed E-state index contributed by atoms with van der Waals surface area (Å²) in [6.07, 6.45) is 1.52. The summed E-state index contributed by atoms with van der Waals surface area (Å²) < 4.78 is 6.78. The third-order valence-corrected chi connectivity index (χ3v) is 3.22. The van der Waals surface area contributed by atoms with Crippen LogP contribution in [-0.2, 0) is 18.4 Å². The average molecular weight is 280 g/mol. The second kappa shape index (κ2) is 6.48. The van der Waals surface area contributed by atoms with Crippen LogP contribution in [0.1, 0.15) is 12.7 Å². The SMILES string of the molecule is CCNc1cc(Sc2ncnn2C)nc(COC)n1. The Hall–Kier alpha value is -1.67. The molecule has 0 bridgehead atoms. The van der Waals surface area contributed by atoms with Gasteiger partial charge in [0.05, 0.1) is 0 Å². The molecule has 2 aromatic rings. The van der Waals surface area contributed by atoms with Crippen molar-refractivity contribution in [3.63, 3.8) is 0 Å². The van der Waals surface area contributed by atoms with E-state index in [1.165, 1.54) is 18.1 Å². The lowest BCUT2D eigenvalue weighted by Gasteiger charge is -2.07. The Morgan fingerprint density at radius 1 is 1.42 bits per heavy atom. The molecule has 0 amide bonds. The zero-order chi connectivity index (χ0) is 13.7. The van der Waals surface area contributed by atoms with Gasteiger partial charge in [0.25, 0.3) is 0 Å². The van der Waals surface area contributed by atoms with E-state index in [1.54, 1.807) is 11.8 Å². The van der Waals surface area contributed by atoms with E-state index >= 15 is 0 Å². The van der Waals surface area contributed by atoms with Gasteiger partial charge in [0.2, 0.25) is 0 Å². The summed E-state index contributed by atoms with van der Waals surface area (Å²) >= 11 is 1.44. The number of methoxy groups -OCH3 is 1. The van der Waals surface area contributed by atoms with E-state index < -0.39 is 0 Å². The predicted molar refractivity (Wildman–Crippen MR) is 72.0 cm³/mol. The van der Waals surface area contributed by atoms with Crippen molar-refractivity contribution in [2.45, 2.75) is 23.7 Å². The molecule has 0 saturated heterocycles. The van der Waals surface area contributed by atoms with E-state index in [0.717, 1.165) is 22.5 Å². The number of nitrogens with one attached hydrogen (secondary N) is 1. The lowest BCUT2D eigenvalue weighted by atomic mass is 10.5. The zero-order valence-electron chi connectivity index (χ0n) is 11.1. The molecule has 0 unspecified atom stereocenters. The van der Waals surface area contributed by atoms with Crippen LogP contribution in [0.15, 0.2) is 22.6 Å². The van der Waals surface area contributed by atoms with Gasteiger partial charge < -0.3 is 10.1 Å². The molecule has 0 saturated carbocycles. The number of aryl methyl sites for hydroxylation is 1. The molecule has 0 aliphatic rings. The average Bonchev–Trinajstić information content (AvgIpc) is 2.76. The summed E-state index contributed by atoms with van der Waals surface area (Å²) in [6, 6.07) is 1.89. The van der Waals surface area contributed by atoms with Crippen molar-refractivity contribution in [3.8, 4) is 0 Å². The number of rotatable bonds is 6. The van der Waals surface area contributed by atoms with Gasteiger partial charge in [-0.3, -0.25) is 0 Å². The maximum atomic E-state index is 5.08. The maximum Gasteiger partial charge on any atom is 0.192 e. The predicted octanol–water partition coefficient (Wildman–Crippen LogP) is 1.33. The van der Waals surface area contributed by atoms with Crippen LogP contribution in [-0.4, -0.2) is 38.4 Å². The second-order valence-corrected chi connectivity index (χ2v) is 4.73. The summed E-state index contributed by atoms with van der Waals surface area (Å²) in [5, 5.41) is 8.81. The number of hydrogen-bond acceptors (Lipinski definition) is 7. The first kappa shape index (κ1) is 13.8. The lowest BCUT2D eigenvalue weighted by molar-refractivity contribution is 0.177. The first-order valence-electron chi connectivity index (χ1n) is 5.85. The highest BCUT2D eigenvalue weighted by Crippen LogP contribution is 2.25. The standard InChI is InChI=1S/C11H16N6OS/c1-4-12-8-5-10(16-9(15-8)6-18-3)19-11-13-7-14-17(11)2/h5,7H,4,6H2,1-3H3,(H,12,15,16). The van der Waals surface area contributed by atoms with E-state index in [4.69, 9.17) is 4.74 Å². The molecule has 19 heavy (non-hydrogen) atoms. The highest BCUT2D eigenvalue weighted by molar-refractivity contribution is 7.99. The normalized spacial score (nSPS) is 10.7. The van der Waals surface area contributed by atoms with Crippen molar-refractivity contribution in [3.05, 3.63) is 18.2 Å². The van der Waals surface area contributed by atoms with Gasteiger partial charge in [-0.25, -0.2) is 19.6 Å². The van der Waals surface area contributed by atoms with Crippen LogP contribution in [0, 0.1) is 0 Å². The van der Waals surface area contributed by atoms with Crippen LogP contribution in [0.5, 0.6) is 0 Å². The third kappa shape index (κ3) is 3.65. The van der Waals surface area contributed by atoms with Gasteiger partial charge in [0, 0.05) is 26.8 Å². The number of hydrogen-bond donors (Lipinski definition) is 1. The molecule has 7 nitrogen and oxygen atoms in total. The first-order chi connectivity index (χ1) is 9.22. The van der Waals surface area contributed by atoms with Crippen LogP contribution >= 0.6 is 11.8 Å². The van der Waals surface area contributed by atoms with Crippen molar-refractivity contribution in [2.24, 2.45) is 7.05 Å². The minimum Gasteiger partial charge on any atom is -0.377 e. The van der Waals surface area contributed by atoms with Crippen LogP contribution in [0.2, 0.25) is 0 Å². The van der Waals surface area contributed by atoms with Gasteiger partial charge in [-0.1, -0.05) is 0 Å². The van der Waals surface area contributed by atoms with Gasteiger partial charge in [-0.05, 0) is 18.7 Å². The molecule has 1 N–H and O–H groups in total. The molecular weight excluding hydrogens is 264 g/mol. The fourth-order valence-electron chi connectivity index (χ4n) is 1.46. The van der Waals surface area contributed by atoms with E-state index in [2.05, 4.69) is 25.4 Å². The van der Waals surface area contributed by atoms with Crippen molar-refractivity contribution in [2.75, 3.05) is 19.0 Å². The number of ether oxygens (including phenoxy) is 1. The molecule has 8 heteroatoms. The summed E-state index contributed by atoms with van der Waals surface area (Å²) in [4.78, 5) is 13.0. The number of aromatic nitrogens is 5. The third-order valence-electron chi connectivity index (χ3n) is 2.25. The quantitative estimate of drug-likeness (QED) is 0.800. The van der Waals surface area contributed by atoms with E-state index in [0.29, 0.717) is 12.4 Å². The maximum absolute atomic E-state index is 5.08. The highest BCUT2D eigenvalue weighted by Gasteiger charge is 2.09. The Kier molecular flexibility index (Phi) is 4.69. The zero-order valence-corrected chi connectivity index (χ0v) is 11.9. The number of nitrogens with zero attached hydrogens (tertiary/aromatic N) is 5. The van der Waals surface area contributed by atoms with E-state index in [9.17, 15) is 0 Å². The molecule has 0 atom stereocenters.